The maximum Gasteiger partial charge on any atom is 0.240 e. The molecular formula is C26H36N6O2. The maximum atomic E-state index is 13.1. The third-order valence-electron chi connectivity index (χ3n) is 7.44. The maximum absolute atomic E-state index is 13.1. The summed E-state index contributed by atoms with van der Waals surface area (Å²) in [6, 6.07) is 4.10. The number of morpholine rings is 1. The van der Waals surface area contributed by atoms with E-state index in [1.54, 1.807) is 4.90 Å². The van der Waals surface area contributed by atoms with Crippen molar-refractivity contribution in [2.75, 3.05) is 31.6 Å². The van der Waals surface area contributed by atoms with E-state index in [1.165, 1.54) is 24.1 Å². The van der Waals surface area contributed by atoms with Crippen molar-refractivity contribution in [3.63, 3.8) is 0 Å². The number of nitrogens with zero attached hydrogens (tertiary/aromatic N) is 4. The summed E-state index contributed by atoms with van der Waals surface area (Å²) < 4.78 is 5.80. The normalized spacial score (nSPS) is 23.3. The molecule has 3 heterocycles. The third-order valence-corrected chi connectivity index (χ3v) is 7.44. The van der Waals surface area contributed by atoms with Gasteiger partial charge in [0.05, 0.1) is 29.8 Å². The zero-order chi connectivity index (χ0) is 24.0. The van der Waals surface area contributed by atoms with Gasteiger partial charge in [-0.3, -0.25) is 14.8 Å². The number of ether oxygens (including phenoxy) is 1. The largest absolute Gasteiger partial charge is 0.373 e. The van der Waals surface area contributed by atoms with E-state index in [0.717, 1.165) is 59.7 Å². The molecule has 0 unspecified atom stereocenters. The Morgan fingerprint density at radius 1 is 1.26 bits per heavy atom. The SMILES string of the molecule is CC[C@@H]1CCc2[nH]nc(-c3nc4cc(N(C)C(=O)CN5C[C@H](C)O[C@@H](C)C5)c(C)cc4[nH]3)c2C1. The highest BCUT2D eigenvalue weighted by molar-refractivity contribution is 5.97. The molecule has 3 aromatic rings. The number of hydrogen-bond acceptors (Lipinski definition) is 5. The number of imidazole rings is 1. The summed E-state index contributed by atoms with van der Waals surface area (Å²) in [7, 11) is 1.85. The molecule has 182 valence electrons. The van der Waals surface area contributed by atoms with Gasteiger partial charge in [-0.1, -0.05) is 13.3 Å². The minimum atomic E-state index is 0.0755. The second-order valence-corrected chi connectivity index (χ2v) is 10.2. The Morgan fingerprint density at radius 3 is 2.76 bits per heavy atom. The van der Waals surface area contributed by atoms with E-state index in [0.29, 0.717) is 12.5 Å². The number of amides is 1. The number of rotatable bonds is 5. The lowest BCUT2D eigenvalue weighted by Crippen LogP contribution is -2.49. The quantitative estimate of drug-likeness (QED) is 0.599. The molecule has 1 aliphatic heterocycles. The Labute approximate surface area is 201 Å². The number of carbonyl (C=O) groups is 1. The van der Waals surface area contributed by atoms with Crippen LogP contribution in [0.2, 0.25) is 0 Å². The molecule has 5 rings (SSSR count). The van der Waals surface area contributed by atoms with Crippen LogP contribution in [0.1, 0.15) is 50.4 Å². The minimum absolute atomic E-state index is 0.0755. The van der Waals surface area contributed by atoms with Gasteiger partial charge >= 0.3 is 0 Å². The van der Waals surface area contributed by atoms with Crippen LogP contribution in [0.3, 0.4) is 0 Å². The molecule has 2 aromatic heterocycles. The lowest BCUT2D eigenvalue weighted by atomic mass is 9.85. The van der Waals surface area contributed by atoms with Crippen LogP contribution in [0, 0.1) is 12.8 Å². The highest BCUT2D eigenvalue weighted by Crippen LogP contribution is 2.34. The first-order valence-corrected chi connectivity index (χ1v) is 12.5. The van der Waals surface area contributed by atoms with Crippen molar-refractivity contribution in [2.45, 2.75) is 65.6 Å². The summed E-state index contributed by atoms with van der Waals surface area (Å²) in [5, 5.41) is 7.86. The molecule has 0 radical (unpaired) electrons. The van der Waals surface area contributed by atoms with Crippen molar-refractivity contribution in [1.29, 1.82) is 0 Å². The molecule has 1 amide bonds. The highest BCUT2D eigenvalue weighted by Gasteiger charge is 2.27. The van der Waals surface area contributed by atoms with Gasteiger partial charge in [-0.15, -0.1) is 0 Å². The topological polar surface area (TPSA) is 90.1 Å². The highest BCUT2D eigenvalue weighted by atomic mass is 16.5. The van der Waals surface area contributed by atoms with Crippen molar-refractivity contribution < 1.29 is 9.53 Å². The van der Waals surface area contributed by atoms with Gasteiger partial charge in [0.1, 0.15) is 5.69 Å². The van der Waals surface area contributed by atoms with E-state index in [4.69, 9.17) is 9.72 Å². The first-order chi connectivity index (χ1) is 16.3. The van der Waals surface area contributed by atoms with Gasteiger partial charge in [0.25, 0.3) is 0 Å². The molecule has 2 N–H and O–H groups in total. The van der Waals surface area contributed by atoms with E-state index in [9.17, 15) is 4.79 Å². The van der Waals surface area contributed by atoms with Gasteiger partial charge in [0, 0.05) is 37.1 Å². The zero-order valence-electron chi connectivity index (χ0n) is 20.9. The monoisotopic (exact) mass is 464 g/mol. The molecular weight excluding hydrogens is 428 g/mol. The number of anilines is 1. The number of likely N-dealkylation sites (N-methyl/N-ethyl adjacent to an activating group) is 1. The summed E-state index contributed by atoms with van der Waals surface area (Å²) in [5.74, 6) is 1.58. The van der Waals surface area contributed by atoms with Crippen LogP contribution in [0.4, 0.5) is 5.69 Å². The van der Waals surface area contributed by atoms with Crippen molar-refractivity contribution in [2.24, 2.45) is 5.92 Å². The Hall–Kier alpha value is -2.71. The average Bonchev–Trinajstić information content (AvgIpc) is 3.40. The molecule has 34 heavy (non-hydrogen) atoms. The van der Waals surface area contributed by atoms with Gasteiger partial charge in [-0.25, -0.2) is 4.98 Å². The summed E-state index contributed by atoms with van der Waals surface area (Å²) in [5.41, 5.74) is 7.22. The predicted octanol–water partition coefficient (Wildman–Crippen LogP) is 3.85. The van der Waals surface area contributed by atoms with Crippen molar-refractivity contribution in [1.82, 2.24) is 25.1 Å². The van der Waals surface area contributed by atoms with Crippen LogP contribution < -0.4 is 4.90 Å². The van der Waals surface area contributed by atoms with Gasteiger partial charge in [0.2, 0.25) is 5.91 Å². The second kappa shape index (κ2) is 9.15. The number of aromatic amines is 2. The summed E-state index contributed by atoms with van der Waals surface area (Å²) in [6.45, 7) is 10.4. The van der Waals surface area contributed by atoms with Crippen LogP contribution in [0.15, 0.2) is 12.1 Å². The van der Waals surface area contributed by atoms with E-state index < -0.39 is 0 Å². The van der Waals surface area contributed by atoms with Crippen molar-refractivity contribution >= 4 is 22.6 Å². The van der Waals surface area contributed by atoms with E-state index in [1.807, 2.05) is 20.0 Å². The number of aryl methyl sites for hydroxylation is 2. The van der Waals surface area contributed by atoms with Crippen molar-refractivity contribution in [3.8, 4) is 11.5 Å². The van der Waals surface area contributed by atoms with Gasteiger partial charge < -0.3 is 14.6 Å². The number of fused-ring (bicyclic) bond motifs is 2. The second-order valence-electron chi connectivity index (χ2n) is 10.2. The Morgan fingerprint density at radius 2 is 2.03 bits per heavy atom. The number of H-pyrrole nitrogens is 2. The molecule has 3 atom stereocenters. The number of hydrogen-bond donors (Lipinski definition) is 2. The first kappa shape index (κ1) is 23.1. The standard InChI is InChI=1S/C26H36N6O2/c1-6-18-7-8-20-19(10-18)25(30-29-20)26-27-21-9-15(2)23(11-22(21)28-26)31(5)24(33)14-32-12-16(3)34-17(4)13-32/h9,11,16-18H,6-8,10,12-14H2,1-5H3,(H,27,28)(H,29,30)/t16-,17-,18+/m0/s1. The number of nitrogens with one attached hydrogen (secondary N) is 2. The fourth-order valence-electron chi connectivity index (χ4n) is 5.58. The molecule has 0 spiro atoms. The molecule has 0 bridgehead atoms. The Bertz CT molecular complexity index is 1190. The summed E-state index contributed by atoms with van der Waals surface area (Å²) in [6.07, 6.45) is 4.80. The molecule has 1 aromatic carbocycles. The van der Waals surface area contributed by atoms with Crippen LogP contribution in [0.25, 0.3) is 22.6 Å². The molecule has 1 fully saturated rings. The smallest absolute Gasteiger partial charge is 0.240 e. The first-order valence-electron chi connectivity index (χ1n) is 12.5. The molecule has 8 nitrogen and oxygen atoms in total. The fourth-order valence-corrected chi connectivity index (χ4v) is 5.58. The molecule has 8 heteroatoms. The number of carbonyl (C=O) groups excluding carboxylic acids is 1. The van der Waals surface area contributed by atoms with E-state index in [2.05, 4.69) is 46.9 Å². The van der Waals surface area contributed by atoms with Gasteiger partial charge in [-0.05, 0) is 63.6 Å². The summed E-state index contributed by atoms with van der Waals surface area (Å²) in [4.78, 5) is 25.4. The van der Waals surface area contributed by atoms with Crippen LogP contribution in [-0.4, -0.2) is 69.9 Å². The average molecular weight is 465 g/mol. The van der Waals surface area contributed by atoms with Crippen LogP contribution >= 0.6 is 0 Å². The molecule has 2 aliphatic rings. The minimum Gasteiger partial charge on any atom is -0.373 e. The predicted molar refractivity (Wildman–Crippen MR) is 134 cm³/mol. The number of benzene rings is 1. The third kappa shape index (κ3) is 4.36. The molecule has 0 saturated carbocycles. The number of aromatic nitrogens is 4. The Kier molecular flexibility index (Phi) is 6.20. The Balaban J connectivity index is 1.39. The van der Waals surface area contributed by atoms with Gasteiger partial charge in [0.15, 0.2) is 5.82 Å². The van der Waals surface area contributed by atoms with Crippen LogP contribution in [-0.2, 0) is 22.4 Å². The molecule has 1 saturated heterocycles. The van der Waals surface area contributed by atoms with E-state index >= 15 is 0 Å². The van der Waals surface area contributed by atoms with E-state index in [-0.39, 0.29) is 18.1 Å². The van der Waals surface area contributed by atoms with Crippen LogP contribution in [0.5, 0.6) is 0 Å². The van der Waals surface area contributed by atoms with Crippen molar-refractivity contribution in [3.05, 3.63) is 29.0 Å². The zero-order valence-corrected chi connectivity index (χ0v) is 20.9. The van der Waals surface area contributed by atoms with Gasteiger partial charge in [-0.2, -0.15) is 5.10 Å². The summed E-state index contributed by atoms with van der Waals surface area (Å²) >= 11 is 0. The fraction of sp³-hybridized carbons (Fsp3) is 0.577. The lowest BCUT2D eigenvalue weighted by Gasteiger charge is -2.35. The molecule has 1 aliphatic carbocycles. The lowest BCUT2D eigenvalue weighted by molar-refractivity contribution is -0.123.